The van der Waals surface area contributed by atoms with Crippen molar-refractivity contribution >= 4 is 5.69 Å². The number of benzene rings is 1. The van der Waals surface area contributed by atoms with E-state index in [0.29, 0.717) is 0 Å². The summed E-state index contributed by atoms with van der Waals surface area (Å²) in [5.41, 5.74) is 2.33. The molecule has 0 aliphatic rings. The third-order valence-electron chi connectivity index (χ3n) is 2.23. The van der Waals surface area contributed by atoms with Gasteiger partial charge in [0.2, 0.25) is 0 Å². The number of rotatable bonds is 5. The first-order chi connectivity index (χ1) is 6.77. The molecule has 0 aliphatic carbocycles. The molecule has 0 aliphatic heterocycles. The van der Waals surface area contributed by atoms with Gasteiger partial charge in [-0.2, -0.15) is 5.69 Å². The van der Waals surface area contributed by atoms with Crippen LogP contribution in [0.3, 0.4) is 0 Å². The first-order valence-corrected chi connectivity index (χ1v) is 5.42. The molecule has 0 radical (unpaired) electrons. The molecule has 0 spiro atoms. The van der Waals surface area contributed by atoms with Crippen LogP contribution in [0.15, 0.2) is 12.1 Å². The Morgan fingerprint density at radius 3 is 1.81 bits per heavy atom. The number of aryl methyl sites for hydroxylation is 1. The van der Waals surface area contributed by atoms with E-state index < -0.39 is 0 Å². The minimum atomic E-state index is 0. The maximum Gasteiger partial charge on any atom is 0 e. The van der Waals surface area contributed by atoms with Crippen molar-refractivity contribution in [1.29, 1.82) is 0 Å². The molecule has 0 unspecified atom stereocenters. The van der Waals surface area contributed by atoms with Gasteiger partial charge in [0.25, 0.3) is 0 Å². The predicted octanol–water partition coefficient (Wildman–Crippen LogP) is 3.22. The number of nitrogens with zero attached hydrogens (tertiary/aromatic N) is 1. The van der Waals surface area contributed by atoms with Crippen LogP contribution >= 0.6 is 0 Å². The van der Waals surface area contributed by atoms with E-state index in [2.05, 4.69) is 43.0 Å². The van der Waals surface area contributed by atoms with Gasteiger partial charge in [0.05, 0.1) is 0 Å². The minimum Gasteiger partial charge on any atom is -0.477 e. The molecule has 0 bridgehead atoms. The monoisotopic (exact) mass is 557 g/mol. The first-order valence-electron chi connectivity index (χ1n) is 5.42. The maximum atomic E-state index is 3.20. The van der Waals surface area contributed by atoms with Gasteiger partial charge in [0, 0.05) is 42.1 Å². The normalized spacial score (nSPS) is 8.94. The fourth-order valence-corrected chi connectivity index (χ4v) is 1.54. The van der Waals surface area contributed by atoms with E-state index in [0.717, 1.165) is 18.7 Å². The van der Waals surface area contributed by atoms with Gasteiger partial charge in [0.15, 0.2) is 0 Å². The molecule has 0 amide bonds. The summed E-state index contributed by atoms with van der Waals surface area (Å²) in [5, 5.41) is 0. The maximum absolute atomic E-state index is 3.20. The predicted molar refractivity (Wildman–Crippen MR) is 61.6 cm³/mol. The van der Waals surface area contributed by atoms with Crippen LogP contribution in [0.1, 0.15) is 32.3 Å². The summed E-state index contributed by atoms with van der Waals surface area (Å²) in [6, 6.07) is 10.5. The molecular weight excluding hydrogens is 538 g/mol. The van der Waals surface area contributed by atoms with Gasteiger partial charge in [-0.1, -0.05) is 20.8 Å². The molecule has 0 aromatic heterocycles. The van der Waals surface area contributed by atoms with Crippen molar-refractivity contribution in [1.82, 2.24) is 0 Å². The molecule has 0 heterocycles. The standard InChI is InChI=1S/C13H19N.2W/c1-4-10-14(11-5-2)13-8-6-12(3)7-9-13;;/h8-9H,4-5,10-11H2,1-3H3;;/q-2;;. The van der Waals surface area contributed by atoms with Gasteiger partial charge in [-0.15, -0.1) is 0 Å². The molecule has 0 saturated carbocycles. The average Bonchev–Trinajstić information content (AvgIpc) is 2.19. The van der Waals surface area contributed by atoms with Crippen LogP contribution in [0.25, 0.3) is 0 Å². The summed E-state index contributed by atoms with van der Waals surface area (Å²) in [6.45, 7) is 8.69. The molecule has 0 saturated heterocycles. The third kappa shape index (κ3) is 6.21. The Hall–Kier alpha value is 0.397. The van der Waals surface area contributed by atoms with Gasteiger partial charge in [-0.25, -0.2) is 0 Å². The fraction of sp³-hybridized carbons (Fsp3) is 0.538. The van der Waals surface area contributed by atoms with Crippen molar-refractivity contribution in [2.75, 3.05) is 18.0 Å². The molecule has 3 heteroatoms. The molecule has 1 aromatic rings. The Kier molecular flexibility index (Phi) is 12.4. The van der Waals surface area contributed by atoms with Gasteiger partial charge in [-0.05, 0) is 25.9 Å². The minimum absolute atomic E-state index is 0. The van der Waals surface area contributed by atoms with Gasteiger partial charge >= 0.3 is 0 Å². The van der Waals surface area contributed by atoms with Crippen molar-refractivity contribution < 1.29 is 42.1 Å². The SMILES string of the molecule is CCCN(CCC)c1c[c-]c(C)[c-]c1.[W].[W]. The van der Waals surface area contributed by atoms with Crippen molar-refractivity contribution in [3.05, 3.63) is 29.8 Å². The smallest absolute Gasteiger partial charge is 0 e. The van der Waals surface area contributed by atoms with Crippen molar-refractivity contribution in [2.24, 2.45) is 0 Å². The Morgan fingerprint density at radius 2 is 1.44 bits per heavy atom. The summed E-state index contributed by atoms with van der Waals surface area (Å²) in [6.07, 6.45) is 2.38. The van der Waals surface area contributed by atoms with Crippen LogP contribution in [-0.4, -0.2) is 13.1 Å². The molecule has 0 N–H and O–H groups in total. The number of anilines is 1. The van der Waals surface area contributed by atoms with Crippen LogP contribution in [0.2, 0.25) is 0 Å². The summed E-state index contributed by atoms with van der Waals surface area (Å²) >= 11 is 0. The van der Waals surface area contributed by atoms with Crippen LogP contribution in [0.5, 0.6) is 0 Å². The second kappa shape index (κ2) is 10.5. The summed E-state index contributed by atoms with van der Waals surface area (Å²) in [4.78, 5) is 2.40. The van der Waals surface area contributed by atoms with E-state index in [-0.39, 0.29) is 42.1 Å². The summed E-state index contributed by atoms with van der Waals surface area (Å²) in [5.74, 6) is 0. The van der Waals surface area contributed by atoms with E-state index in [1.807, 2.05) is 6.92 Å². The van der Waals surface area contributed by atoms with E-state index in [1.165, 1.54) is 18.5 Å². The largest absolute Gasteiger partial charge is 0.477 e. The molecule has 90 valence electrons. The quantitative estimate of drug-likeness (QED) is 0.504. The Bertz CT molecular complexity index is 253. The van der Waals surface area contributed by atoms with Crippen LogP contribution < -0.4 is 4.90 Å². The zero-order valence-electron chi connectivity index (χ0n) is 10.2. The molecule has 1 aromatic carbocycles. The Labute approximate surface area is 129 Å². The third-order valence-corrected chi connectivity index (χ3v) is 2.23. The van der Waals surface area contributed by atoms with E-state index >= 15 is 0 Å². The van der Waals surface area contributed by atoms with E-state index in [1.54, 1.807) is 0 Å². The van der Waals surface area contributed by atoms with Crippen LogP contribution in [-0.2, 0) is 42.1 Å². The topological polar surface area (TPSA) is 3.24 Å². The molecule has 0 atom stereocenters. The number of hydrogen-bond donors (Lipinski definition) is 0. The van der Waals surface area contributed by atoms with Crippen LogP contribution in [0, 0.1) is 19.1 Å². The summed E-state index contributed by atoms with van der Waals surface area (Å²) < 4.78 is 0. The van der Waals surface area contributed by atoms with E-state index in [9.17, 15) is 0 Å². The van der Waals surface area contributed by atoms with Gasteiger partial charge < -0.3 is 17.0 Å². The van der Waals surface area contributed by atoms with Crippen molar-refractivity contribution in [2.45, 2.75) is 33.6 Å². The Balaban J connectivity index is 0. The molecule has 1 rings (SSSR count). The first kappa shape index (κ1) is 18.8. The summed E-state index contributed by atoms with van der Waals surface area (Å²) in [7, 11) is 0. The van der Waals surface area contributed by atoms with Crippen molar-refractivity contribution in [3.8, 4) is 0 Å². The molecule has 0 fully saturated rings. The second-order valence-electron chi connectivity index (χ2n) is 3.61. The number of hydrogen-bond acceptors (Lipinski definition) is 1. The van der Waals surface area contributed by atoms with Gasteiger partial charge in [0.1, 0.15) is 0 Å². The second-order valence-corrected chi connectivity index (χ2v) is 3.61. The zero-order valence-corrected chi connectivity index (χ0v) is 16.1. The molecule has 1 nitrogen and oxygen atoms in total. The van der Waals surface area contributed by atoms with E-state index in [4.69, 9.17) is 0 Å². The molecule has 16 heavy (non-hydrogen) atoms. The average molecular weight is 557 g/mol. The van der Waals surface area contributed by atoms with Gasteiger partial charge in [-0.3, -0.25) is 17.7 Å². The van der Waals surface area contributed by atoms with Crippen LogP contribution in [0.4, 0.5) is 5.69 Å². The zero-order chi connectivity index (χ0) is 10.4. The van der Waals surface area contributed by atoms with Crippen molar-refractivity contribution in [3.63, 3.8) is 0 Å². The fourth-order valence-electron chi connectivity index (χ4n) is 1.54. The Morgan fingerprint density at radius 1 is 1.00 bits per heavy atom. The molecular formula is C13H19NW2-2.